The van der Waals surface area contributed by atoms with Gasteiger partial charge in [0.15, 0.2) is 0 Å². The third-order valence-corrected chi connectivity index (χ3v) is 3.40. The van der Waals surface area contributed by atoms with Crippen molar-refractivity contribution in [1.82, 2.24) is 9.80 Å². The number of hydrogen-bond acceptors (Lipinski definition) is 4. The number of halogens is 2. The van der Waals surface area contributed by atoms with E-state index in [2.05, 4.69) is 5.32 Å². The van der Waals surface area contributed by atoms with Gasteiger partial charge in [-0.25, -0.2) is 14.1 Å². The third kappa shape index (κ3) is 3.48. The Morgan fingerprint density at radius 2 is 1.87 bits per heavy atom. The van der Waals surface area contributed by atoms with Crippen LogP contribution in [0.2, 0.25) is 5.02 Å². The smallest absolute Gasteiger partial charge is 0.323 e. The van der Waals surface area contributed by atoms with E-state index in [9.17, 15) is 23.6 Å². The minimum Gasteiger partial charge on any atom is -0.323 e. The molecule has 0 atom stereocenters. The second-order valence-corrected chi connectivity index (χ2v) is 5.21. The molecule has 0 aliphatic carbocycles. The number of rotatable bonds is 5. The summed E-state index contributed by atoms with van der Waals surface area (Å²) < 4.78 is 12.9. The van der Waals surface area contributed by atoms with Gasteiger partial charge in [-0.15, -0.1) is 0 Å². The van der Waals surface area contributed by atoms with Crippen LogP contribution < -0.4 is 5.32 Å². The average Bonchev–Trinajstić information content (AvgIpc) is 2.68. The molecule has 0 bridgehead atoms. The maximum absolute atomic E-state index is 12.9. The highest BCUT2D eigenvalue weighted by molar-refractivity contribution is 6.45. The molecule has 9 heteroatoms. The molecule has 0 unspecified atom stereocenters. The molecule has 1 aromatic carbocycles. The number of urea groups is 1. The van der Waals surface area contributed by atoms with Gasteiger partial charge in [-0.2, -0.15) is 0 Å². The van der Waals surface area contributed by atoms with Crippen molar-refractivity contribution in [3.63, 3.8) is 0 Å². The van der Waals surface area contributed by atoms with Crippen LogP contribution in [-0.4, -0.2) is 46.6 Å². The molecular weight excluding hydrogens is 329 g/mol. The topological polar surface area (TPSA) is 86.8 Å². The Kier molecular flexibility index (Phi) is 4.95. The molecule has 0 aromatic heterocycles. The molecule has 0 saturated carbocycles. The summed E-state index contributed by atoms with van der Waals surface area (Å²) in [5.41, 5.74) is 0.133. The van der Waals surface area contributed by atoms with Crippen molar-refractivity contribution >= 4 is 41.0 Å². The largest absolute Gasteiger partial charge is 0.334 e. The first-order valence-corrected chi connectivity index (χ1v) is 7.15. The second kappa shape index (κ2) is 6.74. The fourth-order valence-corrected chi connectivity index (χ4v) is 2.25. The Labute approximate surface area is 136 Å². The molecule has 0 spiro atoms. The van der Waals surface area contributed by atoms with E-state index in [4.69, 9.17) is 11.6 Å². The number of anilines is 1. The van der Waals surface area contributed by atoms with Gasteiger partial charge in [-0.1, -0.05) is 18.5 Å². The zero-order valence-electron chi connectivity index (χ0n) is 12.1. The Morgan fingerprint density at radius 1 is 1.22 bits per heavy atom. The van der Waals surface area contributed by atoms with Crippen molar-refractivity contribution in [2.45, 2.75) is 13.3 Å². The van der Waals surface area contributed by atoms with Crippen molar-refractivity contribution in [2.75, 3.05) is 18.4 Å². The molecule has 1 fully saturated rings. The first kappa shape index (κ1) is 16.9. The Bertz CT molecular complexity index is 695. The summed E-state index contributed by atoms with van der Waals surface area (Å²) in [5, 5.41) is 2.33. The van der Waals surface area contributed by atoms with Gasteiger partial charge >= 0.3 is 17.8 Å². The van der Waals surface area contributed by atoms with E-state index in [0.29, 0.717) is 11.3 Å². The molecule has 7 nitrogen and oxygen atoms in total. The second-order valence-electron chi connectivity index (χ2n) is 4.80. The number of amides is 5. The van der Waals surface area contributed by atoms with E-state index in [-0.39, 0.29) is 17.3 Å². The van der Waals surface area contributed by atoms with Gasteiger partial charge in [-0.3, -0.25) is 19.3 Å². The van der Waals surface area contributed by atoms with Crippen LogP contribution in [0.3, 0.4) is 0 Å². The lowest BCUT2D eigenvalue weighted by atomic mass is 10.3. The number of nitrogens with zero attached hydrogens (tertiary/aromatic N) is 2. The molecule has 1 heterocycles. The molecule has 1 aliphatic heterocycles. The van der Waals surface area contributed by atoms with Gasteiger partial charge in [0.1, 0.15) is 12.4 Å². The van der Waals surface area contributed by atoms with E-state index < -0.39 is 36.1 Å². The number of nitrogens with one attached hydrogen (secondary N) is 1. The summed E-state index contributed by atoms with van der Waals surface area (Å²) in [6, 6.07) is 2.52. The zero-order chi connectivity index (χ0) is 17.1. The molecule has 1 saturated heterocycles. The summed E-state index contributed by atoms with van der Waals surface area (Å²) in [6.45, 7) is 1.22. The van der Waals surface area contributed by atoms with Crippen LogP contribution in [0.15, 0.2) is 18.2 Å². The van der Waals surface area contributed by atoms with Crippen LogP contribution in [0.5, 0.6) is 0 Å². The monoisotopic (exact) mass is 341 g/mol. The van der Waals surface area contributed by atoms with Crippen LogP contribution >= 0.6 is 11.6 Å². The van der Waals surface area contributed by atoms with E-state index >= 15 is 0 Å². The Hall–Kier alpha value is -2.48. The van der Waals surface area contributed by atoms with Crippen LogP contribution in [0.4, 0.5) is 14.9 Å². The lowest BCUT2D eigenvalue weighted by Crippen LogP contribution is -2.39. The van der Waals surface area contributed by atoms with Gasteiger partial charge in [0.05, 0.1) is 10.7 Å². The van der Waals surface area contributed by atoms with Gasteiger partial charge < -0.3 is 5.32 Å². The van der Waals surface area contributed by atoms with Crippen molar-refractivity contribution < 1.29 is 23.6 Å². The SMILES string of the molecule is CCCN1C(=O)C(=O)N(CC(=O)Nc2ccc(F)cc2Cl)C1=O. The quantitative estimate of drug-likeness (QED) is 0.651. The molecule has 1 aliphatic rings. The Morgan fingerprint density at radius 3 is 2.48 bits per heavy atom. The van der Waals surface area contributed by atoms with E-state index in [1.165, 1.54) is 6.07 Å². The molecule has 23 heavy (non-hydrogen) atoms. The lowest BCUT2D eigenvalue weighted by molar-refractivity contribution is -0.143. The van der Waals surface area contributed by atoms with Crippen molar-refractivity contribution in [1.29, 1.82) is 0 Å². The predicted octanol–water partition coefficient (Wildman–Crippen LogP) is 1.62. The highest BCUT2D eigenvalue weighted by atomic mass is 35.5. The van der Waals surface area contributed by atoms with Gasteiger partial charge in [-0.05, 0) is 24.6 Å². The summed E-state index contributed by atoms with van der Waals surface area (Å²) in [5.74, 6) is -3.31. The van der Waals surface area contributed by atoms with E-state index in [0.717, 1.165) is 17.0 Å². The van der Waals surface area contributed by atoms with Crippen LogP contribution in [0, 0.1) is 5.82 Å². The number of hydrogen-bond donors (Lipinski definition) is 1. The van der Waals surface area contributed by atoms with Crippen molar-refractivity contribution in [3.8, 4) is 0 Å². The minimum atomic E-state index is -1.05. The fraction of sp³-hybridized carbons (Fsp3) is 0.286. The molecule has 1 N–H and O–H groups in total. The standard InChI is InChI=1S/C14H13ClFN3O4/c1-2-5-18-12(21)13(22)19(14(18)23)7-11(20)17-10-4-3-8(16)6-9(10)15/h3-4,6H,2,5,7H2,1H3,(H,17,20). The number of imide groups is 2. The molecule has 1 aromatic rings. The highest BCUT2D eigenvalue weighted by Gasteiger charge is 2.44. The molecule has 5 amide bonds. The first-order chi connectivity index (χ1) is 10.8. The average molecular weight is 342 g/mol. The normalized spacial score (nSPS) is 14.7. The lowest BCUT2D eigenvalue weighted by Gasteiger charge is -2.15. The molecular formula is C14H13ClFN3O4. The molecule has 122 valence electrons. The van der Waals surface area contributed by atoms with Crippen molar-refractivity contribution in [3.05, 3.63) is 29.0 Å². The van der Waals surface area contributed by atoms with Gasteiger partial charge in [0.2, 0.25) is 5.91 Å². The van der Waals surface area contributed by atoms with Crippen molar-refractivity contribution in [2.24, 2.45) is 0 Å². The number of carbonyl (C=O) groups excluding carboxylic acids is 4. The third-order valence-electron chi connectivity index (χ3n) is 3.09. The van der Waals surface area contributed by atoms with E-state index in [1.807, 2.05) is 0 Å². The minimum absolute atomic E-state index is 0.0267. The summed E-state index contributed by atoms with van der Waals surface area (Å²) >= 11 is 5.77. The molecule has 2 rings (SSSR count). The predicted molar refractivity (Wildman–Crippen MR) is 79.2 cm³/mol. The fourth-order valence-electron chi connectivity index (χ4n) is 2.03. The maximum atomic E-state index is 12.9. The highest BCUT2D eigenvalue weighted by Crippen LogP contribution is 2.22. The molecule has 0 radical (unpaired) electrons. The van der Waals surface area contributed by atoms with Gasteiger partial charge in [0, 0.05) is 6.54 Å². The summed E-state index contributed by atoms with van der Waals surface area (Å²) in [7, 11) is 0. The zero-order valence-corrected chi connectivity index (χ0v) is 12.9. The van der Waals surface area contributed by atoms with Crippen LogP contribution in [0.25, 0.3) is 0 Å². The maximum Gasteiger partial charge on any atom is 0.334 e. The summed E-state index contributed by atoms with van der Waals surface area (Å²) in [4.78, 5) is 48.7. The van der Waals surface area contributed by atoms with Crippen LogP contribution in [-0.2, 0) is 14.4 Å². The first-order valence-electron chi connectivity index (χ1n) is 6.77. The number of benzene rings is 1. The Balaban J connectivity index is 2.06. The van der Waals surface area contributed by atoms with E-state index in [1.54, 1.807) is 6.92 Å². The van der Waals surface area contributed by atoms with Gasteiger partial charge in [0.25, 0.3) is 0 Å². The number of carbonyl (C=O) groups is 4. The summed E-state index contributed by atoms with van der Waals surface area (Å²) in [6.07, 6.45) is 0.496. The van der Waals surface area contributed by atoms with Crippen LogP contribution in [0.1, 0.15) is 13.3 Å².